The first kappa shape index (κ1) is 19.0. The van der Waals surface area contributed by atoms with Crippen LogP contribution in [0.25, 0.3) is 0 Å². The molecule has 0 aliphatic rings. The zero-order valence-corrected chi connectivity index (χ0v) is 14.1. The summed E-state index contributed by atoms with van der Waals surface area (Å²) in [4.78, 5) is 12.2. The van der Waals surface area contributed by atoms with Crippen molar-refractivity contribution in [2.75, 3.05) is 13.6 Å². The van der Waals surface area contributed by atoms with Gasteiger partial charge in [0, 0.05) is 31.4 Å². The van der Waals surface area contributed by atoms with Gasteiger partial charge in [0.2, 0.25) is 0 Å². The van der Waals surface area contributed by atoms with Crippen molar-refractivity contribution in [1.29, 1.82) is 5.26 Å². The second kappa shape index (κ2) is 9.90. The molecule has 1 aromatic carbocycles. The topological polar surface area (TPSA) is 94.9 Å². The molecule has 0 atom stereocenters. The quantitative estimate of drug-likeness (QED) is 0.299. The number of nitro groups is 1. The van der Waals surface area contributed by atoms with Crippen LogP contribution in [0.1, 0.15) is 26.7 Å². The minimum absolute atomic E-state index is 0.0251. The van der Waals surface area contributed by atoms with Crippen molar-refractivity contribution in [3.8, 4) is 6.07 Å². The normalized spacial score (nSPS) is 12.2. The van der Waals surface area contributed by atoms with Crippen molar-refractivity contribution in [2.24, 2.45) is 10.2 Å². The highest BCUT2D eigenvalue weighted by Gasteiger charge is 2.03. The van der Waals surface area contributed by atoms with Gasteiger partial charge >= 0.3 is 0 Å². The third-order valence-corrected chi connectivity index (χ3v) is 3.31. The first-order valence-corrected chi connectivity index (χ1v) is 7.59. The number of hydrogen-bond acceptors (Lipinski definition) is 6. The molecule has 0 amide bonds. The molecule has 0 unspecified atom stereocenters. The van der Waals surface area contributed by atoms with Crippen LogP contribution in [0.2, 0.25) is 0 Å². The van der Waals surface area contributed by atoms with E-state index < -0.39 is 4.92 Å². The molecule has 0 aliphatic carbocycles. The molecule has 1 aromatic rings. The van der Waals surface area contributed by atoms with Crippen LogP contribution in [0.15, 0.2) is 58.0 Å². The summed E-state index contributed by atoms with van der Waals surface area (Å²) in [7, 11) is 1.95. The zero-order chi connectivity index (χ0) is 17.9. The second-order valence-corrected chi connectivity index (χ2v) is 5.12. The molecule has 1 rings (SSSR count). The summed E-state index contributed by atoms with van der Waals surface area (Å²) in [5.41, 5.74) is 2.40. The van der Waals surface area contributed by atoms with E-state index in [1.54, 1.807) is 12.1 Å². The van der Waals surface area contributed by atoms with Crippen LogP contribution in [0, 0.1) is 21.4 Å². The number of azo groups is 1. The lowest BCUT2D eigenvalue weighted by Crippen LogP contribution is -2.18. The number of hydrogen-bond donors (Lipinski definition) is 0. The summed E-state index contributed by atoms with van der Waals surface area (Å²) in [5, 5.41) is 27.4. The largest absolute Gasteiger partial charge is 0.377 e. The average Bonchev–Trinajstić information content (AvgIpc) is 2.58. The lowest BCUT2D eigenvalue weighted by molar-refractivity contribution is -0.384. The Kier molecular flexibility index (Phi) is 7.85. The van der Waals surface area contributed by atoms with Gasteiger partial charge in [-0.1, -0.05) is 6.92 Å². The SMILES string of the molecule is CC/C(=C\C=C(/C)N=Nc1ccc([N+](=O)[O-])cc1)N(C)CCC#N. The second-order valence-electron chi connectivity index (χ2n) is 5.12. The molecule has 0 aromatic heterocycles. The molecule has 0 fully saturated rings. The first-order chi connectivity index (χ1) is 11.5. The fraction of sp³-hybridized carbons (Fsp3) is 0.353. The van der Waals surface area contributed by atoms with E-state index in [1.807, 2.05) is 31.0 Å². The molecule has 0 saturated carbocycles. The van der Waals surface area contributed by atoms with Crippen LogP contribution >= 0.6 is 0 Å². The van der Waals surface area contributed by atoms with E-state index in [0.29, 0.717) is 24.4 Å². The molecule has 7 nitrogen and oxygen atoms in total. The highest BCUT2D eigenvalue weighted by molar-refractivity contribution is 5.43. The lowest BCUT2D eigenvalue weighted by Gasteiger charge is -2.20. The summed E-state index contributed by atoms with van der Waals surface area (Å²) >= 11 is 0. The maximum Gasteiger partial charge on any atom is 0.269 e. The minimum atomic E-state index is -0.452. The van der Waals surface area contributed by atoms with Crippen LogP contribution in [-0.4, -0.2) is 23.4 Å². The van der Waals surface area contributed by atoms with Gasteiger partial charge in [0.15, 0.2) is 0 Å². The predicted octanol–water partition coefficient (Wildman–Crippen LogP) is 4.72. The van der Waals surface area contributed by atoms with Crippen LogP contribution in [0.5, 0.6) is 0 Å². The summed E-state index contributed by atoms with van der Waals surface area (Å²) in [6.45, 7) is 4.57. The monoisotopic (exact) mass is 327 g/mol. The van der Waals surface area contributed by atoms with Crippen LogP contribution in [-0.2, 0) is 0 Å². The molecule has 0 bridgehead atoms. The van der Waals surface area contributed by atoms with Gasteiger partial charge in [0.05, 0.1) is 28.8 Å². The summed E-state index contributed by atoms with van der Waals surface area (Å²) in [5.74, 6) is 0. The van der Waals surface area contributed by atoms with Gasteiger partial charge in [0.1, 0.15) is 0 Å². The third kappa shape index (κ3) is 6.40. The van der Waals surface area contributed by atoms with Gasteiger partial charge in [-0.15, -0.1) is 0 Å². The smallest absolute Gasteiger partial charge is 0.269 e. The standard InChI is InChI=1S/C17H21N5O2/c1-4-16(21(3)13-5-12-18)9-6-14(2)19-20-15-7-10-17(11-8-15)22(23)24/h6-11H,4-5,13H2,1-3H3/b14-6+,16-9+,20-19?. The van der Waals surface area contributed by atoms with E-state index in [0.717, 1.165) is 12.1 Å². The number of nitrogens with zero attached hydrogens (tertiary/aromatic N) is 5. The van der Waals surface area contributed by atoms with Gasteiger partial charge in [0.25, 0.3) is 5.69 Å². The van der Waals surface area contributed by atoms with Crippen LogP contribution in [0.4, 0.5) is 11.4 Å². The molecule has 0 N–H and O–H groups in total. The fourth-order valence-electron chi connectivity index (χ4n) is 1.90. The average molecular weight is 327 g/mol. The van der Waals surface area contributed by atoms with Gasteiger partial charge in [-0.3, -0.25) is 10.1 Å². The Balaban J connectivity index is 2.75. The third-order valence-electron chi connectivity index (χ3n) is 3.31. The molecule has 126 valence electrons. The zero-order valence-electron chi connectivity index (χ0n) is 14.1. The van der Waals surface area contributed by atoms with Gasteiger partial charge in [-0.05, 0) is 37.6 Å². The Morgan fingerprint density at radius 2 is 2.04 bits per heavy atom. The van der Waals surface area contributed by atoms with Crippen molar-refractivity contribution >= 4 is 11.4 Å². The summed E-state index contributed by atoms with van der Waals surface area (Å²) in [6.07, 6.45) is 5.15. The number of nitro benzene ring substituents is 1. The van der Waals surface area contributed by atoms with E-state index in [-0.39, 0.29) is 5.69 Å². The van der Waals surface area contributed by atoms with Gasteiger partial charge in [-0.25, -0.2) is 0 Å². The Hall–Kier alpha value is -3.01. The highest BCUT2D eigenvalue weighted by atomic mass is 16.6. The molecule has 0 spiro atoms. The van der Waals surface area contributed by atoms with Crippen molar-refractivity contribution in [3.63, 3.8) is 0 Å². The van der Waals surface area contributed by atoms with Crippen molar-refractivity contribution in [3.05, 3.63) is 57.9 Å². The first-order valence-electron chi connectivity index (χ1n) is 7.59. The van der Waals surface area contributed by atoms with Gasteiger partial charge in [-0.2, -0.15) is 15.5 Å². The molecule has 0 radical (unpaired) electrons. The molecule has 0 heterocycles. The van der Waals surface area contributed by atoms with E-state index in [2.05, 4.69) is 23.2 Å². The van der Waals surface area contributed by atoms with Crippen molar-refractivity contribution in [2.45, 2.75) is 26.7 Å². The summed E-state index contributed by atoms with van der Waals surface area (Å²) < 4.78 is 0. The minimum Gasteiger partial charge on any atom is -0.377 e. The number of rotatable bonds is 8. The molecule has 24 heavy (non-hydrogen) atoms. The Morgan fingerprint density at radius 3 is 2.58 bits per heavy atom. The molecular weight excluding hydrogens is 306 g/mol. The molecule has 7 heteroatoms. The Bertz CT molecular complexity index is 684. The van der Waals surface area contributed by atoms with Crippen molar-refractivity contribution < 1.29 is 4.92 Å². The molecular formula is C17H21N5O2. The number of nitriles is 1. The van der Waals surface area contributed by atoms with E-state index in [4.69, 9.17) is 5.26 Å². The highest BCUT2D eigenvalue weighted by Crippen LogP contribution is 2.19. The molecule has 0 saturated heterocycles. The molecule has 0 aliphatic heterocycles. The van der Waals surface area contributed by atoms with E-state index >= 15 is 0 Å². The van der Waals surface area contributed by atoms with Crippen LogP contribution in [0.3, 0.4) is 0 Å². The number of allylic oxidation sites excluding steroid dienone is 4. The lowest BCUT2D eigenvalue weighted by atomic mass is 10.2. The van der Waals surface area contributed by atoms with Crippen LogP contribution < -0.4 is 0 Å². The van der Waals surface area contributed by atoms with Gasteiger partial charge < -0.3 is 4.90 Å². The summed E-state index contributed by atoms with van der Waals surface area (Å²) in [6, 6.07) is 8.03. The fourth-order valence-corrected chi connectivity index (χ4v) is 1.90. The van der Waals surface area contributed by atoms with Crippen molar-refractivity contribution in [1.82, 2.24) is 4.90 Å². The van der Waals surface area contributed by atoms with E-state index in [1.165, 1.54) is 12.1 Å². The predicted molar refractivity (Wildman–Crippen MR) is 92.6 cm³/mol. The Labute approximate surface area is 141 Å². The number of benzene rings is 1. The maximum atomic E-state index is 10.6. The Morgan fingerprint density at radius 1 is 1.38 bits per heavy atom. The van der Waals surface area contributed by atoms with E-state index in [9.17, 15) is 10.1 Å². The maximum absolute atomic E-state index is 10.6. The number of non-ortho nitro benzene ring substituents is 1.